The van der Waals surface area contributed by atoms with Crippen molar-refractivity contribution in [2.24, 2.45) is 0 Å². The molecule has 0 spiro atoms. The van der Waals surface area contributed by atoms with E-state index in [1.54, 1.807) is 20.4 Å². The minimum Gasteiger partial charge on any atom is -0.493 e. The summed E-state index contributed by atoms with van der Waals surface area (Å²) in [4.78, 5) is 4.27. The topological polar surface area (TPSA) is 52.6 Å². The Balaban J connectivity index is 2.24. The van der Waals surface area contributed by atoms with Gasteiger partial charge >= 0.3 is 0 Å². The Morgan fingerprint density at radius 1 is 1.05 bits per heavy atom. The van der Waals surface area contributed by atoms with Gasteiger partial charge in [-0.25, -0.2) is 4.98 Å². The first-order valence-corrected chi connectivity index (χ1v) is 6.27. The van der Waals surface area contributed by atoms with Gasteiger partial charge in [0.05, 0.1) is 14.2 Å². The van der Waals surface area contributed by atoms with Crippen molar-refractivity contribution in [3.63, 3.8) is 0 Å². The number of hydrogen-bond acceptors (Lipinski definition) is 5. The van der Waals surface area contributed by atoms with Gasteiger partial charge in [0, 0.05) is 18.8 Å². The fourth-order valence-corrected chi connectivity index (χ4v) is 1.80. The van der Waals surface area contributed by atoms with Gasteiger partial charge in [-0.1, -0.05) is 12.1 Å². The Hall–Kier alpha value is -2.27. The molecule has 106 valence electrons. The third-order valence-corrected chi connectivity index (χ3v) is 2.77. The molecule has 1 aromatic carbocycles. The van der Waals surface area contributed by atoms with Crippen LogP contribution >= 0.6 is 0 Å². The number of benzene rings is 1. The number of para-hydroxylation sites is 1. The molecule has 0 radical (unpaired) electrons. The molecule has 20 heavy (non-hydrogen) atoms. The normalized spacial score (nSPS) is 10.2. The van der Waals surface area contributed by atoms with Gasteiger partial charge in [0.1, 0.15) is 0 Å². The van der Waals surface area contributed by atoms with Crippen LogP contribution in [0, 0.1) is 0 Å². The van der Waals surface area contributed by atoms with E-state index in [-0.39, 0.29) is 0 Å². The van der Waals surface area contributed by atoms with Gasteiger partial charge < -0.3 is 19.5 Å². The van der Waals surface area contributed by atoms with E-state index in [4.69, 9.17) is 14.2 Å². The molecule has 0 fully saturated rings. The molecule has 0 saturated carbocycles. The zero-order valence-corrected chi connectivity index (χ0v) is 11.8. The predicted octanol–water partition coefficient (Wildman–Crippen LogP) is 2.61. The van der Waals surface area contributed by atoms with E-state index < -0.39 is 0 Å². The van der Waals surface area contributed by atoms with Crippen LogP contribution in [0.2, 0.25) is 0 Å². The summed E-state index contributed by atoms with van der Waals surface area (Å²) in [5.41, 5.74) is 1.09. The van der Waals surface area contributed by atoms with Crippen molar-refractivity contribution in [1.29, 1.82) is 0 Å². The maximum absolute atomic E-state index is 5.77. The van der Waals surface area contributed by atoms with Crippen molar-refractivity contribution >= 4 is 0 Å². The summed E-state index contributed by atoms with van der Waals surface area (Å²) in [5, 5.41) is 3.07. The highest BCUT2D eigenvalue weighted by molar-refractivity contribution is 5.52. The monoisotopic (exact) mass is 274 g/mol. The fourth-order valence-electron chi connectivity index (χ4n) is 1.80. The van der Waals surface area contributed by atoms with E-state index >= 15 is 0 Å². The van der Waals surface area contributed by atoms with Gasteiger partial charge in [-0.15, -0.1) is 0 Å². The lowest BCUT2D eigenvalue weighted by Gasteiger charge is -2.13. The number of hydrogen-bond donors (Lipinski definition) is 1. The van der Waals surface area contributed by atoms with Crippen LogP contribution in [0.4, 0.5) is 0 Å². The van der Waals surface area contributed by atoms with Crippen LogP contribution in [0.1, 0.15) is 5.56 Å². The molecule has 0 bridgehead atoms. The van der Waals surface area contributed by atoms with Crippen molar-refractivity contribution in [2.45, 2.75) is 6.54 Å². The van der Waals surface area contributed by atoms with E-state index in [0.717, 1.165) is 12.1 Å². The smallest absolute Gasteiger partial charge is 0.219 e. The SMILES string of the molecule is CNCc1ccc(Oc2c(OC)cccc2OC)nc1. The second-order valence-corrected chi connectivity index (χ2v) is 4.13. The van der Waals surface area contributed by atoms with Crippen LogP contribution in [-0.4, -0.2) is 26.3 Å². The fraction of sp³-hybridized carbons (Fsp3) is 0.267. The Morgan fingerprint density at radius 2 is 1.75 bits per heavy atom. The van der Waals surface area contributed by atoms with Crippen molar-refractivity contribution in [1.82, 2.24) is 10.3 Å². The van der Waals surface area contributed by atoms with Crippen LogP contribution in [0.3, 0.4) is 0 Å². The molecule has 0 aliphatic carbocycles. The molecule has 5 heteroatoms. The van der Waals surface area contributed by atoms with Crippen LogP contribution in [0.5, 0.6) is 23.1 Å². The van der Waals surface area contributed by atoms with Crippen molar-refractivity contribution < 1.29 is 14.2 Å². The van der Waals surface area contributed by atoms with Crippen LogP contribution in [0.15, 0.2) is 36.5 Å². The van der Waals surface area contributed by atoms with Crippen molar-refractivity contribution in [2.75, 3.05) is 21.3 Å². The van der Waals surface area contributed by atoms with Crippen LogP contribution in [0.25, 0.3) is 0 Å². The second-order valence-electron chi connectivity index (χ2n) is 4.13. The molecule has 0 unspecified atom stereocenters. The molecule has 0 atom stereocenters. The summed E-state index contributed by atoms with van der Waals surface area (Å²) in [6.07, 6.45) is 1.77. The lowest BCUT2D eigenvalue weighted by atomic mass is 10.3. The lowest BCUT2D eigenvalue weighted by Crippen LogP contribution is -2.05. The molecule has 5 nitrogen and oxygen atoms in total. The number of nitrogens with zero attached hydrogens (tertiary/aromatic N) is 1. The molecule has 0 aliphatic rings. The molecular weight excluding hydrogens is 256 g/mol. The number of aromatic nitrogens is 1. The molecule has 1 heterocycles. The zero-order chi connectivity index (χ0) is 14.4. The minimum atomic E-state index is 0.493. The summed E-state index contributed by atoms with van der Waals surface area (Å²) in [6, 6.07) is 9.24. The van der Waals surface area contributed by atoms with Gasteiger partial charge in [0.2, 0.25) is 11.6 Å². The summed E-state index contributed by atoms with van der Waals surface area (Å²) < 4.78 is 16.3. The summed E-state index contributed by atoms with van der Waals surface area (Å²) >= 11 is 0. The molecule has 0 amide bonds. The minimum absolute atomic E-state index is 0.493. The number of methoxy groups -OCH3 is 2. The molecule has 1 aromatic heterocycles. The van der Waals surface area contributed by atoms with Crippen LogP contribution < -0.4 is 19.5 Å². The highest BCUT2D eigenvalue weighted by Gasteiger charge is 2.12. The largest absolute Gasteiger partial charge is 0.493 e. The Kier molecular flexibility index (Phi) is 4.79. The number of ether oxygens (including phenoxy) is 3. The van der Waals surface area contributed by atoms with Gasteiger partial charge in [0.25, 0.3) is 0 Å². The van der Waals surface area contributed by atoms with E-state index in [1.807, 2.05) is 37.4 Å². The first kappa shape index (κ1) is 14.1. The zero-order valence-electron chi connectivity index (χ0n) is 11.8. The molecule has 1 N–H and O–H groups in total. The molecular formula is C15H18N2O3. The maximum atomic E-state index is 5.77. The maximum Gasteiger partial charge on any atom is 0.219 e. The van der Waals surface area contributed by atoms with E-state index in [0.29, 0.717) is 23.1 Å². The highest BCUT2D eigenvalue weighted by atomic mass is 16.5. The Labute approximate surface area is 118 Å². The lowest BCUT2D eigenvalue weighted by molar-refractivity contribution is 0.342. The Morgan fingerprint density at radius 3 is 2.25 bits per heavy atom. The standard InChI is InChI=1S/C15H18N2O3/c1-16-9-11-7-8-14(17-10-11)20-15-12(18-2)5-4-6-13(15)19-3/h4-8,10,16H,9H2,1-3H3. The summed E-state index contributed by atoms with van der Waals surface area (Å²) in [5.74, 6) is 2.22. The number of pyridine rings is 1. The molecule has 2 rings (SSSR count). The summed E-state index contributed by atoms with van der Waals surface area (Å²) in [7, 11) is 5.07. The number of rotatable bonds is 6. The van der Waals surface area contributed by atoms with Gasteiger partial charge in [0.15, 0.2) is 11.5 Å². The van der Waals surface area contributed by atoms with E-state index in [1.165, 1.54) is 0 Å². The predicted molar refractivity (Wildman–Crippen MR) is 76.6 cm³/mol. The van der Waals surface area contributed by atoms with E-state index in [2.05, 4.69) is 10.3 Å². The average molecular weight is 274 g/mol. The van der Waals surface area contributed by atoms with Gasteiger partial charge in [-0.3, -0.25) is 0 Å². The first-order chi connectivity index (χ1) is 9.78. The van der Waals surface area contributed by atoms with E-state index in [9.17, 15) is 0 Å². The molecule has 2 aromatic rings. The highest BCUT2D eigenvalue weighted by Crippen LogP contribution is 2.39. The van der Waals surface area contributed by atoms with Crippen molar-refractivity contribution in [3.8, 4) is 23.1 Å². The number of nitrogens with one attached hydrogen (secondary N) is 1. The average Bonchev–Trinajstić information content (AvgIpc) is 2.49. The second kappa shape index (κ2) is 6.77. The Bertz CT molecular complexity index is 533. The molecule has 0 saturated heterocycles. The molecule has 0 aliphatic heterocycles. The third kappa shape index (κ3) is 3.19. The van der Waals surface area contributed by atoms with Crippen molar-refractivity contribution in [3.05, 3.63) is 42.1 Å². The summed E-state index contributed by atoms with van der Waals surface area (Å²) in [6.45, 7) is 0.769. The van der Waals surface area contributed by atoms with Gasteiger partial charge in [-0.2, -0.15) is 0 Å². The quantitative estimate of drug-likeness (QED) is 0.877. The third-order valence-electron chi connectivity index (χ3n) is 2.77. The van der Waals surface area contributed by atoms with Gasteiger partial charge in [-0.05, 0) is 24.7 Å². The first-order valence-electron chi connectivity index (χ1n) is 6.27. The van der Waals surface area contributed by atoms with Crippen LogP contribution in [-0.2, 0) is 6.54 Å².